The topological polar surface area (TPSA) is 56.6 Å². The van der Waals surface area contributed by atoms with E-state index in [0.717, 1.165) is 0 Å². The van der Waals surface area contributed by atoms with Crippen LogP contribution < -0.4 is 0 Å². The van der Waals surface area contributed by atoms with Gasteiger partial charge in [0.05, 0.1) is 5.03 Å². The Labute approximate surface area is 73.2 Å². The number of nitrogens with zero attached hydrogens (tertiary/aromatic N) is 2. The Morgan fingerprint density at radius 2 is 2.18 bits per heavy atom. The predicted molar refractivity (Wildman–Crippen MR) is 42.5 cm³/mol. The van der Waals surface area contributed by atoms with E-state index in [9.17, 15) is 0 Å². The van der Waals surface area contributed by atoms with Crippen LogP contribution in [0.4, 0.5) is 0 Å². The van der Waals surface area contributed by atoms with Gasteiger partial charge in [0, 0.05) is 0 Å². The van der Waals surface area contributed by atoms with E-state index < -0.39 is 6.10 Å². The largest absolute Gasteiger partial charge is 0.377 e. The Morgan fingerprint density at radius 1 is 1.55 bits per heavy atom. The maximum absolute atomic E-state index is 9.10. The van der Waals surface area contributed by atoms with E-state index in [1.165, 1.54) is 12.2 Å². The van der Waals surface area contributed by atoms with E-state index in [1.54, 1.807) is 0 Å². The van der Waals surface area contributed by atoms with Gasteiger partial charge in [0.15, 0.2) is 6.10 Å². The van der Waals surface area contributed by atoms with Gasteiger partial charge in [-0.05, 0) is 12.2 Å². The molecule has 0 radical (unpaired) electrons. The fourth-order valence-electron chi connectivity index (χ4n) is 0.695. The number of halogens is 2. The summed E-state index contributed by atoms with van der Waals surface area (Å²) in [5.74, 6) is 0. The summed E-state index contributed by atoms with van der Waals surface area (Å²) in [6.07, 6.45) is 1.85. The number of aliphatic hydroxyl groups excluding tert-OH is 1. The molecule has 11 heavy (non-hydrogen) atoms. The molecule has 0 saturated heterocycles. The molecule has 0 spiro atoms. The van der Waals surface area contributed by atoms with Crippen LogP contribution in [-0.4, -0.2) is 21.7 Å². The van der Waals surface area contributed by atoms with Gasteiger partial charge in [0.25, 0.3) is 0 Å². The highest BCUT2D eigenvalue weighted by molar-refractivity contribution is 6.50. The van der Waals surface area contributed by atoms with Crippen molar-refractivity contribution in [1.82, 2.24) is 0 Å². The van der Waals surface area contributed by atoms with E-state index in [2.05, 4.69) is 4.79 Å². The third-order valence-corrected chi connectivity index (χ3v) is 2.06. The molecule has 1 atom stereocenters. The van der Waals surface area contributed by atoms with Gasteiger partial charge in [0.1, 0.15) is 5.03 Å². The van der Waals surface area contributed by atoms with Gasteiger partial charge in [-0.25, -0.2) is 0 Å². The molecule has 1 aliphatic carbocycles. The molecule has 0 aromatic carbocycles. The zero-order valence-corrected chi connectivity index (χ0v) is 6.84. The molecule has 0 aliphatic heterocycles. The van der Waals surface area contributed by atoms with Crippen molar-refractivity contribution in [2.24, 2.45) is 0 Å². The van der Waals surface area contributed by atoms with E-state index >= 15 is 0 Å². The lowest BCUT2D eigenvalue weighted by Crippen LogP contribution is -2.22. The van der Waals surface area contributed by atoms with Gasteiger partial charge in [-0.1, -0.05) is 23.2 Å². The van der Waals surface area contributed by atoms with Crippen LogP contribution >= 0.6 is 23.2 Å². The normalized spacial score (nSPS) is 23.9. The molecule has 0 heterocycles. The second-order valence-electron chi connectivity index (χ2n) is 1.95. The van der Waals surface area contributed by atoms with Crippen LogP contribution in [0.3, 0.4) is 0 Å². The maximum atomic E-state index is 9.10. The van der Waals surface area contributed by atoms with Gasteiger partial charge in [-0.2, -0.15) is 4.79 Å². The molecule has 1 unspecified atom stereocenters. The van der Waals surface area contributed by atoms with Gasteiger partial charge in [-0.3, -0.25) is 0 Å². The Hall–Kier alpha value is -0.600. The molecule has 3 nitrogen and oxygen atoms in total. The van der Waals surface area contributed by atoms with Crippen molar-refractivity contribution in [2.45, 2.75) is 6.10 Å². The first-order chi connectivity index (χ1) is 5.16. The Morgan fingerprint density at radius 3 is 2.64 bits per heavy atom. The average molecular weight is 191 g/mol. The van der Waals surface area contributed by atoms with Crippen LogP contribution in [0.5, 0.6) is 0 Å². The zero-order valence-electron chi connectivity index (χ0n) is 5.33. The summed E-state index contributed by atoms with van der Waals surface area (Å²) in [5.41, 5.74) is 8.34. The molecule has 0 fully saturated rings. The van der Waals surface area contributed by atoms with Crippen molar-refractivity contribution in [3.8, 4) is 0 Å². The zero-order chi connectivity index (χ0) is 8.43. The number of hydrogen-bond acceptors (Lipinski definition) is 1. The van der Waals surface area contributed by atoms with Gasteiger partial charge in [0.2, 0.25) is 0 Å². The standard InChI is InChI=1S/C6H4Cl2N2O/c7-3-1-2-4(11)6(10-9)5(3)8/h1-2,4,11H. The molecule has 1 N–H and O–H groups in total. The van der Waals surface area contributed by atoms with Crippen molar-refractivity contribution in [1.29, 1.82) is 0 Å². The Balaban J connectivity index is 3.17. The van der Waals surface area contributed by atoms with Crippen molar-refractivity contribution < 1.29 is 9.90 Å². The first kappa shape index (κ1) is 8.50. The van der Waals surface area contributed by atoms with Crippen molar-refractivity contribution in [2.75, 3.05) is 0 Å². The molecule has 0 amide bonds. The van der Waals surface area contributed by atoms with Gasteiger partial charge < -0.3 is 10.6 Å². The van der Waals surface area contributed by atoms with Crippen molar-refractivity contribution in [3.63, 3.8) is 0 Å². The fraction of sp³-hybridized carbons (Fsp3) is 0.167. The molecule has 0 saturated carbocycles. The highest BCUT2D eigenvalue weighted by atomic mass is 35.5. The Bertz CT molecular complexity index is 289. The Kier molecular flexibility index (Phi) is 2.47. The van der Waals surface area contributed by atoms with E-state index in [0.29, 0.717) is 0 Å². The van der Waals surface area contributed by atoms with Crippen LogP contribution in [0, 0.1) is 0 Å². The SMILES string of the molecule is [N-]=[N+]=C1C(Cl)=C(Cl)C=CC1O. The molecule has 58 valence electrons. The molecule has 0 aromatic heterocycles. The highest BCUT2D eigenvalue weighted by Gasteiger charge is 2.27. The van der Waals surface area contributed by atoms with Crippen LogP contribution in [0.15, 0.2) is 22.2 Å². The summed E-state index contributed by atoms with van der Waals surface area (Å²) in [6, 6.07) is 0. The number of aliphatic hydroxyl groups is 1. The lowest BCUT2D eigenvalue weighted by molar-refractivity contribution is -0.0156. The number of rotatable bonds is 0. The van der Waals surface area contributed by atoms with Crippen LogP contribution in [0.25, 0.3) is 5.53 Å². The third-order valence-electron chi connectivity index (χ3n) is 1.25. The highest BCUT2D eigenvalue weighted by Crippen LogP contribution is 2.22. The number of hydrogen-bond donors (Lipinski definition) is 1. The van der Waals surface area contributed by atoms with Crippen molar-refractivity contribution >= 4 is 28.9 Å². The monoisotopic (exact) mass is 190 g/mol. The summed E-state index contributed by atoms with van der Waals surface area (Å²) in [5, 5.41) is 9.43. The molecule has 5 heteroatoms. The first-order valence-electron chi connectivity index (χ1n) is 2.80. The lowest BCUT2D eigenvalue weighted by Gasteiger charge is -2.05. The molecule has 1 rings (SSSR count). The predicted octanol–water partition coefficient (Wildman–Crippen LogP) is 1.28. The summed E-state index contributed by atoms with van der Waals surface area (Å²) >= 11 is 11.1. The summed E-state index contributed by atoms with van der Waals surface area (Å²) in [6.45, 7) is 0. The molecule has 1 aliphatic rings. The quantitative estimate of drug-likeness (QED) is 0.455. The minimum absolute atomic E-state index is 0.0285. The van der Waals surface area contributed by atoms with E-state index in [1.807, 2.05) is 0 Å². The van der Waals surface area contributed by atoms with Crippen molar-refractivity contribution in [3.05, 3.63) is 27.7 Å². The minimum atomic E-state index is -0.977. The second-order valence-corrected chi connectivity index (χ2v) is 2.74. The third kappa shape index (κ3) is 1.52. The second kappa shape index (κ2) is 3.20. The summed E-state index contributed by atoms with van der Waals surface area (Å²) in [4.78, 5) is 2.80. The van der Waals surface area contributed by atoms with Crippen LogP contribution in [0.2, 0.25) is 0 Å². The maximum Gasteiger partial charge on any atom is 0.343 e. The van der Waals surface area contributed by atoms with E-state index in [-0.39, 0.29) is 15.8 Å². The van der Waals surface area contributed by atoms with Crippen LogP contribution in [0.1, 0.15) is 0 Å². The van der Waals surface area contributed by atoms with E-state index in [4.69, 9.17) is 33.8 Å². The van der Waals surface area contributed by atoms with Crippen LogP contribution in [-0.2, 0) is 0 Å². The molecular weight excluding hydrogens is 187 g/mol. The molecular formula is C6H4Cl2N2O. The fourth-order valence-corrected chi connectivity index (χ4v) is 1.08. The summed E-state index contributed by atoms with van der Waals surface area (Å²) in [7, 11) is 0. The van der Waals surface area contributed by atoms with Gasteiger partial charge in [-0.15, -0.1) is 0 Å². The lowest BCUT2D eigenvalue weighted by atomic mass is 10.1. The summed E-state index contributed by atoms with van der Waals surface area (Å²) < 4.78 is 0. The minimum Gasteiger partial charge on any atom is -0.377 e. The number of allylic oxidation sites excluding steroid dienone is 2. The molecule has 0 bridgehead atoms. The molecule has 0 aromatic rings. The first-order valence-corrected chi connectivity index (χ1v) is 3.56. The van der Waals surface area contributed by atoms with Gasteiger partial charge >= 0.3 is 5.71 Å². The average Bonchev–Trinajstić information content (AvgIpc) is 1.99. The smallest absolute Gasteiger partial charge is 0.343 e.